The molecule has 0 bridgehead atoms. The number of aromatic nitrogens is 2. The Morgan fingerprint density at radius 2 is 1.61 bits per heavy atom. The molecule has 178 valence electrons. The van der Waals surface area contributed by atoms with Crippen molar-refractivity contribution >= 4 is 46.3 Å². The van der Waals surface area contributed by atoms with Crippen molar-refractivity contribution in [2.24, 2.45) is 0 Å². The van der Waals surface area contributed by atoms with Crippen LogP contribution in [-0.4, -0.2) is 9.55 Å². The van der Waals surface area contributed by atoms with Crippen molar-refractivity contribution in [3.63, 3.8) is 0 Å². The molecule has 5 aromatic rings. The minimum Gasteiger partial charge on any atom is -0.489 e. The third-order valence-corrected chi connectivity index (χ3v) is 6.32. The molecule has 0 fully saturated rings. The Hall–Kier alpha value is -3.93. The maximum atomic E-state index is 13.5. The van der Waals surface area contributed by atoms with Gasteiger partial charge in [-0.2, -0.15) is 0 Å². The van der Waals surface area contributed by atoms with Crippen molar-refractivity contribution in [1.29, 1.82) is 0 Å². The van der Waals surface area contributed by atoms with Gasteiger partial charge in [-0.05, 0) is 77.9 Å². The van der Waals surface area contributed by atoms with Crippen LogP contribution < -0.4 is 10.3 Å². The first-order valence-electron chi connectivity index (χ1n) is 11.1. The molecule has 1 heterocycles. The van der Waals surface area contributed by atoms with Crippen molar-refractivity contribution < 1.29 is 9.13 Å². The molecule has 0 saturated carbocycles. The SMILES string of the molecule is O=c1c2ccccc2nc(C=Cc2ccc(OCc3ccc(Cl)c(Cl)c3)cc2)n1-c1ccc(F)cc1. The summed E-state index contributed by atoms with van der Waals surface area (Å²) in [5.74, 6) is 0.759. The summed E-state index contributed by atoms with van der Waals surface area (Å²) >= 11 is 12.0. The lowest BCUT2D eigenvalue weighted by Gasteiger charge is -2.11. The molecule has 4 aromatic carbocycles. The number of hydrogen-bond acceptors (Lipinski definition) is 3. The van der Waals surface area contributed by atoms with Crippen LogP contribution >= 0.6 is 23.2 Å². The fraction of sp³-hybridized carbons (Fsp3) is 0.0345. The lowest BCUT2D eigenvalue weighted by Crippen LogP contribution is -2.22. The lowest BCUT2D eigenvalue weighted by atomic mass is 10.2. The topological polar surface area (TPSA) is 44.1 Å². The monoisotopic (exact) mass is 516 g/mol. The molecule has 1 aromatic heterocycles. The average Bonchev–Trinajstić information content (AvgIpc) is 2.90. The molecule has 0 aliphatic rings. The lowest BCUT2D eigenvalue weighted by molar-refractivity contribution is 0.306. The Morgan fingerprint density at radius 3 is 2.36 bits per heavy atom. The summed E-state index contributed by atoms with van der Waals surface area (Å²) in [4.78, 5) is 18.0. The van der Waals surface area contributed by atoms with Crippen LogP contribution in [0.1, 0.15) is 17.0 Å². The molecule has 0 amide bonds. The average molecular weight is 517 g/mol. The first-order valence-corrected chi connectivity index (χ1v) is 11.9. The van der Waals surface area contributed by atoms with Gasteiger partial charge in [-0.3, -0.25) is 9.36 Å². The molecular formula is C29H19Cl2FN2O2. The Kier molecular flexibility index (Phi) is 6.85. The summed E-state index contributed by atoms with van der Waals surface area (Å²) in [6.45, 7) is 0.358. The summed E-state index contributed by atoms with van der Waals surface area (Å²) in [6.07, 6.45) is 3.63. The Balaban J connectivity index is 1.41. The number of rotatable bonds is 6. The van der Waals surface area contributed by atoms with E-state index in [2.05, 4.69) is 4.98 Å². The van der Waals surface area contributed by atoms with Gasteiger partial charge in [0.05, 0.1) is 26.6 Å². The van der Waals surface area contributed by atoms with E-state index in [1.807, 2.05) is 42.5 Å². The van der Waals surface area contributed by atoms with E-state index >= 15 is 0 Å². The predicted molar refractivity (Wildman–Crippen MR) is 143 cm³/mol. The maximum Gasteiger partial charge on any atom is 0.266 e. The summed E-state index contributed by atoms with van der Waals surface area (Å²) in [6, 6.07) is 25.8. The van der Waals surface area contributed by atoms with Gasteiger partial charge in [-0.15, -0.1) is 0 Å². The van der Waals surface area contributed by atoms with Crippen LogP contribution in [0.5, 0.6) is 5.75 Å². The number of para-hydroxylation sites is 1. The van der Waals surface area contributed by atoms with Gasteiger partial charge >= 0.3 is 0 Å². The standard InChI is InChI=1S/C29H19Cl2FN2O2/c30-25-15-7-20(17-26(25)31)18-36-23-13-5-19(6-14-23)8-16-28-33-27-4-2-1-3-24(27)29(35)34(28)22-11-9-21(32)10-12-22/h1-17H,18H2. The van der Waals surface area contributed by atoms with Gasteiger partial charge in [0.15, 0.2) is 0 Å². The highest BCUT2D eigenvalue weighted by Crippen LogP contribution is 2.24. The second kappa shape index (κ2) is 10.4. The third-order valence-electron chi connectivity index (χ3n) is 5.58. The maximum absolute atomic E-state index is 13.5. The number of nitrogens with zero attached hydrogens (tertiary/aromatic N) is 2. The van der Waals surface area contributed by atoms with Crippen molar-refractivity contribution in [3.05, 3.63) is 134 Å². The highest BCUT2D eigenvalue weighted by atomic mass is 35.5. The Bertz CT molecular complexity index is 1630. The van der Waals surface area contributed by atoms with E-state index < -0.39 is 0 Å². The van der Waals surface area contributed by atoms with Crippen LogP contribution in [0, 0.1) is 5.82 Å². The van der Waals surface area contributed by atoms with Gasteiger partial charge in [0, 0.05) is 0 Å². The van der Waals surface area contributed by atoms with E-state index in [0.717, 1.165) is 11.1 Å². The number of halogens is 3. The second-order valence-electron chi connectivity index (χ2n) is 8.04. The molecule has 0 unspecified atom stereocenters. The van der Waals surface area contributed by atoms with E-state index in [1.54, 1.807) is 48.5 Å². The van der Waals surface area contributed by atoms with E-state index in [4.69, 9.17) is 27.9 Å². The summed E-state index contributed by atoms with van der Waals surface area (Å²) in [5, 5.41) is 1.48. The molecule has 7 heteroatoms. The third kappa shape index (κ3) is 5.18. The zero-order chi connectivity index (χ0) is 25.1. The van der Waals surface area contributed by atoms with Gasteiger partial charge in [0.2, 0.25) is 0 Å². The minimum absolute atomic E-state index is 0.224. The van der Waals surface area contributed by atoms with Crippen molar-refractivity contribution in [2.45, 2.75) is 6.61 Å². The molecule has 0 radical (unpaired) electrons. The van der Waals surface area contributed by atoms with Crippen LogP contribution in [0.3, 0.4) is 0 Å². The Morgan fingerprint density at radius 1 is 0.861 bits per heavy atom. The van der Waals surface area contributed by atoms with Crippen LogP contribution in [0.4, 0.5) is 4.39 Å². The molecule has 0 N–H and O–H groups in total. The van der Waals surface area contributed by atoms with Gasteiger partial charge in [-0.25, -0.2) is 9.37 Å². The zero-order valence-electron chi connectivity index (χ0n) is 18.9. The molecular weight excluding hydrogens is 498 g/mol. The van der Waals surface area contributed by atoms with Crippen molar-refractivity contribution in [3.8, 4) is 11.4 Å². The van der Waals surface area contributed by atoms with Crippen LogP contribution in [-0.2, 0) is 6.61 Å². The number of fused-ring (bicyclic) bond motifs is 1. The minimum atomic E-state index is -0.376. The van der Waals surface area contributed by atoms with E-state index in [9.17, 15) is 9.18 Å². The highest BCUT2D eigenvalue weighted by molar-refractivity contribution is 6.42. The van der Waals surface area contributed by atoms with Crippen molar-refractivity contribution in [2.75, 3.05) is 0 Å². The van der Waals surface area contributed by atoms with E-state index in [1.165, 1.54) is 16.7 Å². The van der Waals surface area contributed by atoms with Crippen LogP contribution in [0.2, 0.25) is 10.0 Å². The van der Waals surface area contributed by atoms with Gasteiger partial charge in [-0.1, -0.05) is 59.6 Å². The molecule has 5 rings (SSSR count). The predicted octanol–water partition coefficient (Wildman–Crippen LogP) is 7.58. The molecule has 0 aliphatic heterocycles. The summed E-state index contributed by atoms with van der Waals surface area (Å²) in [7, 11) is 0. The summed E-state index contributed by atoms with van der Waals surface area (Å²) in [5.41, 5.74) is 2.70. The number of ether oxygens (including phenoxy) is 1. The molecule has 0 spiro atoms. The first-order chi connectivity index (χ1) is 17.5. The largest absolute Gasteiger partial charge is 0.489 e. The van der Waals surface area contributed by atoms with Gasteiger partial charge in [0.25, 0.3) is 5.56 Å². The van der Waals surface area contributed by atoms with E-state index in [0.29, 0.717) is 44.8 Å². The molecule has 4 nitrogen and oxygen atoms in total. The quantitative estimate of drug-likeness (QED) is 0.233. The molecule has 0 atom stereocenters. The number of benzene rings is 4. The van der Waals surface area contributed by atoms with Gasteiger partial charge < -0.3 is 4.74 Å². The Labute approximate surface area is 216 Å². The van der Waals surface area contributed by atoms with E-state index in [-0.39, 0.29) is 11.4 Å². The fourth-order valence-electron chi connectivity index (χ4n) is 3.74. The highest BCUT2D eigenvalue weighted by Gasteiger charge is 2.11. The first kappa shape index (κ1) is 23.8. The van der Waals surface area contributed by atoms with Crippen molar-refractivity contribution in [1.82, 2.24) is 9.55 Å². The zero-order valence-corrected chi connectivity index (χ0v) is 20.4. The fourth-order valence-corrected chi connectivity index (χ4v) is 4.06. The normalized spacial score (nSPS) is 11.3. The second-order valence-corrected chi connectivity index (χ2v) is 8.86. The molecule has 36 heavy (non-hydrogen) atoms. The summed E-state index contributed by atoms with van der Waals surface area (Å²) < 4.78 is 20.8. The van der Waals surface area contributed by atoms with Crippen LogP contribution in [0.25, 0.3) is 28.7 Å². The molecule has 0 saturated heterocycles. The van der Waals surface area contributed by atoms with Gasteiger partial charge in [0.1, 0.15) is 24.0 Å². The number of hydrogen-bond donors (Lipinski definition) is 0. The smallest absolute Gasteiger partial charge is 0.266 e. The van der Waals surface area contributed by atoms with Crippen LogP contribution in [0.15, 0.2) is 95.8 Å². The molecule has 0 aliphatic carbocycles.